The number of carbonyl (C=O) groups is 1. The molecule has 0 spiro atoms. The van der Waals surface area contributed by atoms with E-state index in [-0.39, 0.29) is 17.9 Å². The van der Waals surface area contributed by atoms with Crippen LogP contribution in [0.2, 0.25) is 0 Å². The molecule has 0 saturated heterocycles. The molecule has 1 aliphatic carbocycles. The van der Waals surface area contributed by atoms with Crippen LogP contribution in [0.3, 0.4) is 0 Å². The molecule has 17 heavy (non-hydrogen) atoms. The Hall–Kier alpha value is -0.830. The third-order valence-corrected chi connectivity index (χ3v) is 3.50. The summed E-state index contributed by atoms with van der Waals surface area (Å²) in [7, 11) is 0. The molecule has 3 heteroatoms. The van der Waals surface area contributed by atoms with Crippen LogP contribution in [0, 0.1) is 11.8 Å². The van der Waals surface area contributed by atoms with Gasteiger partial charge >= 0.3 is 5.97 Å². The molecule has 98 valence electrons. The lowest BCUT2D eigenvalue weighted by Gasteiger charge is -2.30. The van der Waals surface area contributed by atoms with Crippen LogP contribution in [-0.4, -0.2) is 22.8 Å². The Morgan fingerprint density at radius 1 is 1.53 bits per heavy atom. The summed E-state index contributed by atoms with van der Waals surface area (Å²) in [6.45, 7) is 7.57. The minimum atomic E-state index is -1.34. The van der Waals surface area contributed by atoms with Crippen molar-refractivity contribution in [3.8, 4) is 0 Å². The fraction of sp³-hybridized carbons (Fsp3) is 0.786. The van der Waals surface area contributed by atoms with Gasteiger partial charge in [0.15, 0.2) is 5.60 Å². The Kier molecular flexibility index (Phi) is 4.75. The molecule has 1 unspecified atom stereocenters. The molecule has 0 radical (unpaired) electrons. The Bertz CT molecular complexity index is 296. The zero-order chi connectivity index (χ0) is 13.1. The van der Waals surface area contributed by atoms with Crippen molar-refractivity contribution in [1.82, 2.24) is 0 Å². The lowest BCUT2D eigenvalue weighted by Crippen LogP contribution is -2.48. The predicted octanol–water partition coefficient (Wildman–Crippen LogP) is 2.68. The van der Waals surface area contributed by atoms with Gasteiger partial charge in [-0.3, -0.25) is 0 Å². The molecule has 0 bridgehead atoms. The summed E-state index contributed by atoms with van der Waals surface area (Å²) >= 11 is 0. The van der Waals surface area contributed by atoms with Gasteiger partial charge in [-0.25, -0.2) is 4.79 Å². The van der Waals surface area contributed by atoms with Crippen LogP contribution in [0.15, 0.2) is 12.2 Å². The van der Waals surface area contributed by atoms with Gasteiger partial charge in [0, 0.05) is 5.92 Å². The standard InChI is InChI=1S/C14H24O3/c1-5-6-7-12-9-8-11(4)14(12,16)13(15)17-10(2)3/h6-7,10-12,16H,5,8-9H2,1-4H3/b7-6+/t11?,12-,14+/m1/s1. The third kappa shape index (κ3) is 2.89. The van der Waals surface area contributed by atoms with E-state index in [1.54, 1.807) is 13.8 Å². The molecular weight excluding hydrogens is 216 g/mol. The van der Waals surface area contributed by atoms with Crippen molar-refractivity contribution in [2.24, 2.45) is 11.8 Å². The summed E-state index contributed by atoms with van der Waals surface area (Å²) in [4.78, 5) is 12.1. The highest BCUT2D eigenvalue weighted by atomic mass is 16.6. The highest BCUT2D eigenvalue weighted by Gasteiger charge is 2.52. The summed E-state index contributed by atoms with van der Waals surface area (Å²) in [5, 5.41) is 10.6. The number of aliphatic hydroxyl groups is 1. The molecule has 3 atom stereocenters. The molecule has 0 aliphatic heterocycles. The van der Waals surface area contributed by atoms with E-state index in [9.17, 15) is 9.90 Å². The van der Waals surface area contributed by atoms with Crippen molar-refractivity contribution in [3.05, 3.63) is 12.2 Å². The first kappa shape index (κ1) is 14.2. The van der Waals surface area contributed by atoms with Crippen LogP contribution < -0.4 is 0 Å². The van der Waals surface area contributed by atoms with Crippen molar-refractivity contribution in [2.75, 3.05) is 0 Å². The first-order valence-electron chi connectivity index (χ1n) is 6.53. The van der Waals surface area contributed by atoms with Crippen molar-refractivity contribution >= 4 is 5.97 Å². The number of hydrogen-bond donors (Lipinski definition) is 1. The summed E-state index contributed by atoms with van der Waals surface area (Å²) in [5.74, 6) is -0.618. The van der Waals surface area contributed by atoms with Gasteiger partial charge in [0.25, 0.3) is 0 Å². The van der Waals surface area contributed by atoms with Crippen LogP contribution >= 0.6 is 0 Å². The van der Waals surface area contributed by atoms with Crippen LogP contribution in [0.25, 0.3) is 0 Å². The van der Waals surface area contributed by atoms with Crippen molar-refractivity contribution in [1.29, 1.82) is 0 Å². The number of carbonyl (C=O) groups excluding carboxylic acids is 1. The van der Waals surface area contributed by atoms with Gasteiger partial charge in [-0.15, -0.1) is 0 Å². The smallest absolute Gasteiger partial charge is 0.339 e. The number of ether oxygens (including phenoxy) is 1. The van der Waals surface area contributed by atoms with E-state index in [0.29, 0.717) is 0 Å². The zero-order valence-electron chi connectivity index (χ0n) is 11.3. The molecule has 0 aromatic carbocycles. The van der Waals surface area contributed by atoms with E-state index >= 15 is 0 Å². The van der Waals surface area contributed by atoms with Crippen LogP contribution in [0.1, 0.15) is 47.0 Å². The van der Waals surface area contributed by atoms with Gasteiger partial charge in [0.2, 0.25) is 0 Å². The monoisotopic (exact) mass is 240 g/mol. The molecule has 1 fully saturated rings. The predicted molar refractivity (Wildman–Crippen MR) is 67.5 cm³/mol. The van der Waals surface area contributed by atoms with E-state index in [4.69, 9.17) is 4.74 Å². The van der Waals surface area contributed by atoms with Gasteiger partial charge in [0.1, 0.15) is 0 Å². The van der Waals surface area contributed by atoms with Crippen molar-refractivity contribution < 1.29 is 14.6 Å². The van der Waals surface area contributed by atoms with E-state index in [0.717, 1.165) is 19.3 Å². The molecule has 0 aromatic rings. The molecule has 3 nitrogen and oxygen atoms in total. The Morgan fingerprint density at radius 2 is 2.18 bits per heavy atom. The number of allylic oxidation sites excluding steroid dienone is 1. The van der Waals surface area contributed by atoms with E-state index < -0.39 is 11.6 Å². The molecular formula is C14H24O3. The van der Waals surface area contributed by atoms with E-state index in [1.807, 2.05) is 26.0 Å². The Balaban J connectivity index is 2.87. The molecule has 1 saturated carbocycles. The average molecular weight is 240 g/mol. The molecule has 1 N–H and O–H groups in total. The van der Waals surface area contributed by atoms with Crippen LogP contribution in [0.5, 0.6) is 0 Å². The van der Waals surface area contributed by atoms with Gasteiger partial charge in [0.05, 0.1) is 6.10 Å². The minimum Gasteiger partial charge on any atom is -0.461 e. The molecule has 0 heterocycles. The minimum absolute atomic E-state index is 0.0414. The second kappa shape index (κ2) is 5.67. The maximum Gasteiger partial charge on any atom is 0.339 e. The highest BCUT2D eigenvalue weighted by Crippen LogP contribution is 2.42. The summed E-state index contributed by atoms with van der Waals surface area (Å²) in [6, 6.07) is 0. The van der Waals surface area contributed by atoms with Gasteiger partial charge < -0.3 is 9.84 Å². The highest BCUT2D eigenvalue weighted by molar-refractivity contribution is 5.81. The lowest BCUT2D eigenvalue weighted by atomic mass is 9.84. The second-order valence-electron chi connectivity index (χ2n) is 5.20. The zero-order valence-corrected chi connectivity index (χ0v) is 11.3. The first-order valence-corrected chi connectivity index (χ1v) is 6.53. The van der Waals surface area contributed by atoms with Gasteiger partial charge in [-0.05, 0) is 39.0 Å². The number of esters is 1. The summed E-state index contributed by atoms with van der Waals surface area (Å²) in [6.07, 6.45) is 6.42. The third-order valence-electron chi connectivity index (χ3n) is 3.50. The molecule has 1 aliphatic rings. The second-order valence-corrected chi connectivity index (χ2v) is 5.20. The first-order chi connectivity index (χ1) is 7.92. The number of rotatable bonds is 4. The molecule has 1 rings (SSSR count). The van der Waals surface area contributed by atoms with Gasteiger partial charge in [-0.2, -0.15) is 0 Å². The normalized spacial score (nSPS) is 33.5. The van der Waals surface area contributed by atoms with Crippen LogP contribution in [-0.2, 0) is 9.53 Å². The largest absolute Gasteiger partial charge is 0.461 e. The summed E-state index contributed by atoms with van der Waals surface area (Å²) in [5.41, 5.74) is -1.34. The Morgan fingerprint density at radius 3 is 2.71 bits per heavy atom. The Labute approximate surface area is 104 Å². The maximum absolute atomic E-state index is 12.1. The van der Waals surface area contributed by atoms with Crippen molar-refractivity contribution in [2.45, 2.75) is 58.7 Å². The topological polar surface area (TPSA) is 46.5 Å². The van der Waals surface area contributed by atoms with E-state index in [1.165, 1.54) is 0 Å². The lowest BCUT2D eigenvalue weighted by molar-refractivity contribution is -0.176. The van der Waals surface area contributed by atoms with Crippen LogP contribution in [0.4, 0.5) is 0 Å². The summed E-state index contributed by atoms with van der Waals surface area (Å²) < 4.78 is 5.19. The quantitative estimate of drug-likeness (QED) is 0.607. The van der Waals surface area contributed by atoms with Gasteiger partial charge in [-0.1, -0.05) is 26.0 Å². The maximum atomic E-state index is 12.1. The average Bonchev–Trinajstić information content (AvgIpc) is 2.53. The van der Waals surface area contributed by atoms with Crippen molar-refractivity contribution in [3.63, 3.8) is 0 Å². The fourth-order valence-electron chi connectivity index (χ4n) is 2.44. The fourth-order valence-corrected chi connectivity index (χ4v) is 2.44. The van der Waals surface area contributed by atoms with E-state index in [2.05, 4.69) is 0 Å². The number of hydrogen-bond acceptors (Lipinski definition) is 3. The molecule has 0 aromatic heterocycles. The SMILES string of the molecule is CC/C=C/[C@@H]1CCC(C)[C@@]1(O)C(=O)OC(C)C. The molecule has 0 amide bonds.